The summed E-state index contributed by atoms with van der Waals surface area (Å²) in [5.41, 5.74) is 3.93. The van der Waals surface area contributed by atoms with E-state index in [1.165, 1.54) is 6.42 Å². The number of phenolic OH excluding ortho intramolecular Hbond substituents is 2. The van der Waals surface area contributed by atoms with Gasteiger partial charge in [0.25, 0.3) is 0 Å². The Morgan fingerprint density at radius 3 is 2.57 bits per heavy atom. The van der Waals surface area contributed by atoms with Gasteiger partial charge in [-0.3, -0.25) is 4.79 Å². The van der Waals surface area contributed by atoms with Crippen molar-refractivity contribution in [2.24, 2.45) is 5.92 Å². The van der Waals surface area contributed by atoms with Crippen molar-refractivity contribution >= 4 is 5.91 Å². The Morgan fingerprint density at radius 2 is 1.87 bits per heavy atom. The van der Waals surface area contributed by atoms with E-state index < -0.39 is 0 Å². The van der Waals surface area contributed by atoms with Gasteiger partial charge in [-0.25, -0.2) is 0 Å². The predicted octanol–water partition coefficient (Wildman–Crippen LogP) is 6.00. The van der Waals surface area contributed by atoms with Crippen LogP contribution in [0.15, 0.2) is 30.3 Å². The molecule has 4 heteroatoms. The molecular weight excluding hydrogens is 374 g/mol. The van der Waals surface area contributed by atoms with E-state index in [9.17, 15) is 15.0 Å². The van der Waals surface area contributed by atoms with Gasteiger partial charge in [0, 0.05) is 18.0 Å². The fraction of sp³-hybridized carbons (Fsp3) is 0.500. The van der Waals surface area contributed by atoms with Crippen molar-refractivity contribution in [3.8, 4) is 22.6 Å². The maximum absolute atomic E-state index is 12.7. The van der Waals surface area contributed by atoms with E-state index in [0.29, 0.717) is 12.1 Å². The van der Waals surface area contributed by atoms with Crippen LogP contribution < -0.4 is 5.32 Å². The molecule has 0 bridgehead atoms. The number of carbonyl (C=O) groups is 1. The van der Waals surface area contributed by atoms with E-state index in [4.69, 9.17) is 0 Å². The molecule has 2 aromatic rings. The minimum Gasteiger partial charge on any atom is -0.507 e. The van der Waals surface area contributed by atoms with Crippen LogP contribution in [0.3, 0.4) is 0 Å². The smallest absolute Gasteiger partial charge is 0.223 e. The molecule has 1 fully saturated rings. The van der Waals surface area contributed by atoms with E-state index in [1.807, 2.05) is 31.2 Å². The number of carbonyl (C=O) groups excluding carboxylic acids is 1. The highest BCUT2D eigenvalue weighted by atomic mass is 16.3. The van der Waals surface area contributed by atoms with Crippen LogP contribution in [0.5, 0.6) is 11.5 Å². The van der Waals surface area contributed by atoms with E-state index >= 15 is 0 Å². The van der Waals surface area contributed by atoms with Crippen LogP contribution in [0.25, 0.3) is 11.1 Å². The molecule has 1 amide bonds. The molecule has 0 aliphatic heterocycles. The van der Waals surface area contributed by atoms with Crippen molar-refractivity contribution in [3.63, 3.8) is 0 Å². The van der Waals surface area contributed by atoms with Gasteiger partial charge in [0.2, 0.25) is 5.91 Å². The van der Waals surface area contributed by atoms with Gasteiger partial charge in [-0.05, 0) is 49.8 Å². The quantitative estimate of drug-likeness (QED) is 0.468. The highest BCUT2D eigenvalue weighted by Gasteiger charge is 2.23. The maximum atomic E-state index is 12.7. The highest BCUT2D eigenvalue weighted by molar-refractivity contribution is 5.81. The normalized spacial score (nSPS) is 14.6. The number of nitrogens with one attached hydrogen (secondary N) is 1. The average molecular weight is 410 g/mol. The molecule has 3 N–H and O–H groups in total. The second-order valence-corrected chi connectivity index (χ2v) is 8.64. The number of hydrogen-bond donors (Lipinski definition) is 3. The van der Waals surface area contributed by atoms with Gasteiger partial charge in [-0.1, -0.05) is 68.9 Å². The number of rotatable bonds is 8. The second-order valence-electron chi connectivity index (χ2n) is 8.64. The topological polar surface area (TPSA) is 69.6 Å². The van der Waals surface area contributed by atoms with Gasteiger partial charge in [-0.15, -0.1) is 0 Å². The number of aryl methyl sites for hydroxylation is 2. The summed E-state index contributed by atoms with van der Waals surface area (Å²) in [6.45, 7) is 4.44. The zero-order valence-corrected chi connectivity index (χ0v) is 18.3. The van der Waals surface area contributed by atoms with Crippen molar-refractivity contribution < 1.29 is 15.0 Å². The molecule has 2 aromatic carbocycles. The monoisotopic (exact) mass is 409 g/mol. The van der Waals surface area contributed by atoms with E-state index in [0.717, 1.165) is 73.6 Å². The van der Waals surface area contributed by atoms with E-state index in [1.54, 1.807) is 6.07 Å². The third-order valence-corrected chi connectivity index (χ3v) is 6.25. The minimum atomic E-state index is 0.0797. The number of benzene rings is 2. The number of phenols is 2. The molecule has 0 saturated heterocycles. The zero-order valence-electron chi connectivity index (χ0n) is 18.3. The Hall–Kier alpha value is -2.49. The molecule has 1 aliphatic carbocycles. The Balaban J connectivity index is 1.90. The first kappa shape index (κ1) is 22.2. The Labute approximate surface area is 180 Å². The minimum absolute atomic E-state index is 0.0797. The highest BCUT2D eigenvalue weighted by Crippen LogP contribution is 2.42. The van der Waals surface area contributed by atoms with Gasteiger partial charge >= 0.3 is 0 Å². The first-order valence-corrected chi connectivity index (χ1v) is 11.4. The van der Waals surface area contributed by atoms with E-state index in [-0.39, 0.29) is 23.3 Å². The van der Waals surface area contributed by atoms with Crippen molar-refractivity contribution in [3.05, 3.63) is 47.0 Å². The van der Waals surface area contributed by atoms with Crippen LogP contribution in [0.1, 0.15) is 75.0 Å². The third kappa shape index (κ3) is 5.35. The summed E-state index contributed by atoms with van der Waals surface area (Å²) in [6, 6.07) is 9.53. The molecule has 0 aromatic heterocycles. The molecule has 0 radical (unpaired) electrons. The summed E-state index contributed by atoms with van der Waals surface area (Å²) in [4.78, 5) is 12.7. The van der Waals surface area contributed by atoms with Gasteiger partial charge in [0.05, 0.1) is 5.56 Å². The number of amides is 1. The molecule has 1 saturated carbocycles. The van der Waals surface area contributed by atoms with Gasteiger partial charge in [-0.2, -0.15) is 0 Å². The Bertz CT molecular complexity index is 869. The summed E-state index contributed by atoms with van der Waals surface area (Å²) in [5.74, 6) is 0.333. The third-order valence-electron chi connectivity index (χ3n) is 6.25. The lowest BCUT2D eigenvalue weighted by Gasteiger charge is -2.22. The maximum Gasteiger partial charge on any atom is 0.223 e. The predicted molar refractivity (Wildman–Crippen MR) is 122 cm³/mol. The van der Waals surface area contributed by atoms with Crippen molar-refractivity contribution in [2.45, 2.75) is 78.2 Å². The molecule has 4 nitrogen and oxygen atoms in total. The van der Waals surface area contributed by atoms with Gasteiger partial charge < -0.3 is 15.5 Å². The Kier molecular flexibility index (Phi) is 7.78. The summed E-state index contributed by atoms with van der Waals surface area (Å²) in [7, 11) is 0. The molecule has 1 aliphatic rings. The first-order chi connectivity index (χ1) is 14.5. The lowest BCUT2D eigenvalue weighted by atomic mass is 9.88. The molecule has 0 spiro atoms. The number of hydrogen-bond acceptors (Lipinski definition) is 3. The summed E-state index contributed by atoms with van der Waals surface area (Å²) < 4.78 is 0. The molecule has 0 unspecified atom stereocenters. The number of aromatic hydroxyl groups is 2. The summed E-state index contributed by atoms with van der Waals surface area (Å²) in [5, 5.41) is 25.0. The standard InChI is InChI=1S/C26H35NO3/c1-3-4-6-13-20-16-23(28)24(21-14-9-10-18(2)15-21)25(29)22(20)17-27-26(30)19-11-7-5-8-12-19/h9-10,14-16,19,28-29H,3-8,11-13,17H2,1-2H3,(H,27,30). The van der Waals surface area contributed by atoms with Gasteiger partial charge in [0.15, 0.2) is 0 Å². The van der Waals surface area contributed by atoms with Crippen LogP contribution in [0.4, 0.5) is 0 Å². The summed E-state index contributed by atoms with van der Waals surface area (Å²) >= 11 is 0. The molecule has 0 atom stereocenters. The molecule has 3 rings (SSSR count). The largest absolute Gasteiger partial charge is 0.507 e. The van der Waals surface area contributed by atoms with Crippen LogP contribution in [-0.4, -0.2) is 16.1 Å². The fourth-order valence-electron chi connectivity index (χ4n) is 4.50. The molecular formula is C26H35NO3. The Morgan fingerprint density at radius 1 is 1.10 bits per heavy atom. The lowest BCUT2D eigenvalue weighted by molar-refractivity contribution is -0.126. The van der Waals surface area contributed by atoms with Crippen LogP contribution in [-0.2, 0) is 17.8 Å². The van der Waals surface area contributed by atoms with Gasteiger partial charge in [0.1, 0.15) is 11.5 Å². The lowest BCUT2D eigenvalue weighted by Crippen LogP contribution is -2.31. The van der Waals surface area contributed by atoms with E-state index in [2.05, 4.69) is 12.2 Å². The number of unbranched alkanes of at least 4 members (excludes halogenated alkanes) is 2. The molecule has 162 valence electrons. The summed E-state index contributed by atoms with van der Waals surface area (Å²) in [6.07, 6.45) is 9.30. The molecule has 0 heterocycles. The molecule has 30 heavy (non-hydrogen) atoms. The van der Waals surface area contributed by atoms with Crippen LogP contribution in [0, 0.1) is 12.8 Å². The van der Waals surface area contributed by atoms with Crippen molar-refractivity contribution in [1.82, 2.24) is 5.32 Å². The van der Waals surface area contributed by atoms with Crippen molar-refractivity contribution in [1.29, 1.82) is 0 Å². The first-order valence-electron chi connectivity index (χ1n) is 11.4. The SMILES string of the molecule is CCCCCc1cc(O)c(-c2cccc(C)c2)c(O)c1CNC(=O)C1CCCCC1. The second kappa shape index (κ2) is 10.5. The zero-order chi connectivity index (χ0) is 21.5. The van der Waals surface area contributed by atoms with Crippen LogP contribution in [0.2, 0.25) is 0 Å². The van der Waals surface area contributed by atoms with Crippen molar-refractivity contribution in [2.75, 3.05) is 0 Å². The average Bonchev–Trinajstić information content (AvgIpc) is 2.74. The van der Waals surface area contributed by atoms with Crippen LogP contribution >= 0.6 is 0 Å². The fourth-order valence-corrected chi connectivity index (χ4v) is 4.50.